The molecule has 2 aliphatic heterocycles. The monoisotopic (exact) mass is 317 g/mol. The van der Waals surface area contributed by atoms with Gasteiger partial charge in [-0.15, -0.1) is 0 Å². The minimum Gasteiger partial charge on any atom is -0.454 e. The van der Waals surface area contributed by atoms with Crippen LogP contribution in [0.1, 0.15) is 44.1 Å². The Bertz CT molecular complexity index is 601. The first kappa shape index (κ1) is 14.8. The molecule has 0 radical (unpaired) electrons. The van der Waals surface area contributed by atoms with Crippen LogP contribution in [0.15, 0.2) is 18.2 Å². The summed E-state index contributed by atoms with van der Waals surface area (Å²) in [4.78, 5) is 11.6. The predicted octanol–water partition coefficient (Wildman–Crippen LogP) is 1.63. The zero-order valence-corrected chi connectivity index (χ0v) is 13.3. The van der Waals surface area contributed by atoms with Crippen molar-refractivity contribution in [3.63, 3.8) is 0 Å². The Morgan fingerprint density at radius 2 is 1.96 bits per heavy atom. The van der Waals surface area contributed by atoms with Gasteiger partial charge < -0.3 is 14.8 Å². The number of ether oxygens (including phenoxy) is 2. The number of hydrazine groups is 1. The number of hydrogen-bond donors (Lipinski definition) is 3. The van der Waals surface area contributed by atoms with Crippen LogP contribution in [0, 0.1) is 5.92 Å². The lowest BCUT2D eigenvalue weighted by atomic mass is 9.82. The average Bonchev–Trinajstić information content (AvgIpc) is 3.26. The first-order chi connectivity index (χ1) is 11.2. The van der Waals surface area contributed by atoms with Gasteiger partial charge in [0.15, 0.2) is 11.5 Å². The quantitative estimate of drug-likeness (QED) is 0.790. The minimum absolute atomic E-state index is 0.0258. The van der Waals surface area contributed by atoms with Gasteiger partial charge in [0, 0.05) is 18.9 Å². The van der Waals surface area contributed by atoms with Crippen molar-refractivity contribution in [3.05, 3.63) is 23.8 Å². The Morgan fingerprint density at radius 3 is 2.74 bits per heavy atom. The fourth-order valence-corrected chi connectivity index (χ4v) is 4.17. The zero-order valence-electron chi connectivity index (χ0n) is 13.3. The summed E-state index contributed by atoms with van der Waals surface area (Å²) < 4.78 is 10.9. The maximum Gasteiger partial charge on any atom is 0.231 e. The van der Waals surface area contributed by atoms with Crippen molar-refractivity contribution in [1.82, 2.24) is 16.2 Å². The topological polar surface area (TPSA) is 71.6 Å². The second-order valence-electron chi connectivity index (χ2n) is 6.68. The van der Waals surface area contributed by atoms with Gasteiger partial charge in [-0.2, -0.15) is 0 Å². The van der Waals surface area contributed by atoms with Crippen LogP contribution in [0.5, 0.6) is 11.5 Å². The van der Waals surface area contributed by atoms with Crippen LogP contribution in [0.2, 0.25) is 0 Å². The lowest BCUT2D eigenvalue weighted by molar-refractivity contribution is -0.119. The Balaban J connectivity index is 1.65. The highest BCUT2D eigenvalue weighted by molar-refractivity contribution is 5.73. The van der Waals surface area contributed by atoms with E-state index in [0.29, 0.717) is 12.0 Å². The van der Waals surface area contributed by atoms with Gasteiger partial charge in [0.2, 0.25) is 12.7 Å². The maximum atomic E-state index is 11.6. The van der Waals surface area contributed by atoms with E-state index in [4.69, 9.17) is 9.47 Å². The Labute approximate surface area is 135 Å². The van der Waals surface area contributed by atoms with Crippen molar-refractivity contribution < 1.29 is 14.3 Å². The second-order valence-corrected chi connectivity index (χ2v) is 6.68. The van der Waals surface area contributed by atoms with Crippen molar-refractivity contribution in [2.24, 2.45) is 5.92 Å². The molecular weight excluding hydrogens is 294 g/mol. The summed E-state index contributed by atoms with van der Waals surface area (Å²) in [6.07, 6.45) is 4.96. The molecule has 0 aromatic heterocycles. The Kier molecular flexibility index (Phi) is 3.87. The van der Waals surface area contributed by atoms with Gasteiger partial charge in [-0.05, 0) is 36.5 Å². The molecule has 6 nitrogen and oxygen atoms in total. The normalized spacial score (nSPS) is 29.9. The molecule has 3 N–H and O–H groups in total. The molecule has 2 fully saturated rings. The number of nitrogens with one attached hydrogen (secondary N) is 3. The van der Waals surface area contributed by atoms with Crippen LogP contribution in [-0.2, 0) is 4.79 Å². The van der Waals surface area contributed by atoms with E-state index in [9.17, 15) is 4.79 Å². The molecule has 1 saturated heterocycles. The SMILES string of the molecule is CC(=O)NC1NNC(C2CCCC2)C1c1ccc2c(c1)OCO2. The smallest absolute Gasteiger partial charge is 0.231 e. The molecule has 4 rings (SSSR count). The lowest BCUT2D eigenvalue weighted by Gasteiger charge is -2.27. The molecule has 0 spiro atoms. The molecule has 6 heteroatoms. The van der Waals surface area contributed by atoms with Gasteiger partial charge in [-0.3, -0.25) is 10.2 Å². The van der Waals surface area contributed by atoms with E-state index in [1.54, 1.807) is 6.92 Å². The Morgan fingerprint density at radius 1 is 1.17 bits per heavy atom. The maximum absolute atomic E-state index is 11.6. The lowest BCUT2D eigenvalue weighted by Crippen LogP contribution is -2.45. The summed E-state index contributed by atoms with van der Waals surface area (Å²) in [5.41, 5.74) is 7.88. The highest BCUT2D eigenvalue weighted by Crippen LogP contribution is 2.41. The van der Waals surface area contributed by atoms with E-state index in [1.165, 1.54) is 31.2 Å². The van der Waals surface area contributed by atoms with Crippen LogP contribution in [-0.4, -0.2) is 24.9 Å². The molecule has 1 aromatic carbocycles. The largest absolute Gasteiger partial charge is 0.454 e. The average molecular weight is 317 g/mol. The molecule has 2 heterocycles. The van der Waals surface area contributed by atoms with E-state index in [-0.39, 0.29) is 24.8 Å². The second kappa shape index (κ2) is 6.02. The van der Waals surface area contributed by atoms with Crippen LogP contribution in [0.25, 0.3) is 0 Å². The number of carbonyl (C=O) groups is 1. The number of hydrogen-bond acceptors (Lipinski definition) is 5. The van der Waals surface area contributed by atoms with Crippen molar-refractivity contribution in [2.45, 2.75) is 50.7 Å². The molecule has 3 aliphatic rings. The number of rotatable bonds is 3. The molecule has 0 bridgehead atoms. The first-order valence-corrected chi connectivity index (χ1v) is 8.40. The Hall–Kier alpha value is -1.79. The van der Waals surface area contributed by atoms with Gasteiger partial charge in [0.05, 0.1) is 0 Å². The highest BCUT2D eigenvalue weighted by atomic mass is 16.7. The molecule has 3 unspecified atom stereocenters. The van der Waals surface area contributed by atoms with Crippen LogP contribution >= 0.6 is 0 Å². The summed E-state index contributed by atoms with van der Waals surface area (Å²) in [6.45, 7) is 1.84. The van der Waals surface area contributed by atoms with E-state index >= 15 is 0 Å². The van der Waals surface area contributed by atoms with Crippen molar-refractivity contribution in [3.8, 4) is 11.5 Å². The molecule has 1 saturated carbocycles. The summed E-state index contributed by atoms with van der Waals surface area (Å²) >= 11 is 0. The zero-order chi connectivity index (χ0) is 15.8. The fourth-order valence-electron chi connectivity index (χ4n) is 4.17. The molecular formula is C17H23N3O3. The molecule has 3 atom stereocenters. The van der Waals surface area contributed by atoms with Crippen LogP contribution in [0.4, 0.5) is 0 Å². The fraction of sp³-hybridized carbons (Fsp3) is 0.588. The van der Waals surface area contributed by atoms with E-state index in [0.717, 1.165) is 11.5 Å². The molecule has 23 heavy (non-hydrogen) atoms. The summed E-state index contributed by atoms with van der Waals surface area (Å²) in [7, 11) is 0. The third-order valence-corrected chi connectivity index (χ3v) is 5.20. The number of benzene rings is 1. The minimum atomic E-state index is -0.113. The van der Waals surface area contributed by atoms with E-state index in [1.807, 2.05) is 6.07 Å². The van der Waals surface area contributed by atoms with Gasteiger partial charge >= 0.3 is 0 Å². The van der Waals surface area contributed by atoms with Gasteiger partial charge in [-0.25, -0.2) is 5.43 Å². The molecule has 124 valence electrons. The van der Waals surface area contributed by atoms with Gasteiger partial charge in [-0.1, -0.05) is 18.9 Å². The summed E-state index contributed by atoms with van der Waals surface area (Å²) in [5.74, 6) is 2.37. The third-order valence-electron chi connectivity index (χ3n) is 5.20. The number of fused-ring (bicyclic) bond motifs is 1. The highest BCUT2D eigenvalue weighted by Gasteiger charge is 2.42. The summed E-state index contributed by atoms with van der Waals surface area (Å²) in [5, 5.41) is 3.03. The number of amides is 1. The predicted molar refractivity (Wildman–Crippen MR) is 84.9 cm³/mol. The van der Waals surface area contributed by atoms with Crippen LogP contribution < -0.4 is 25.6 Å². The van der Waals surface area contributed by atoms with E-state index < -0.39 is 0 Å². The van der Waals surface area contributed by atoms with Crippen LogP contribution in [0.3, 0.4) is 0 Å². The molecule has 1 aliphatic carbocycles. The van der Waals surface area contributed by atoms with Crippen molar-refractivity contribution >= 4 is 5.91 Å². The van der Waals surface area contributed by atoms with E-state index in [2.05, 4.69) is 28.3 Å². The molecule has 1 amide bonds. The standard InChI is InChI=1S/C17H23N3O3/c1-10(21)18-17-15(16(19-20-17)11-4-2-3-5-11)12-6-7-13-14(8-12)23-9-22-13/h6-8,11,15-17,19-20H,2-5,9H2,1H3,(H,18,21). The summed E-state index contributed by atoms with van der Waals surface area (Å²) in [6, 6.07) is 6.42. The van der Waals surface area contributed by atoms with Crippen molar-refractivity contribution in [2.75, 3.05) is 6.79 Å². The van der Waals surface area contributed by atoms with Crippen molar-refractivity contribution in [1.29, 1.82) is 0 Å². The van der Waals surface area contributed by atoms with Gasteiger partial charge in [0.1, 0.15) is 6.17 Å². The van der Waals surface area contributed by atoms with Gasteiger partial charge in [0.25, 0.3) is 0 Å². The third kappa shape index (κ3) is 2.77. The first-order valence-electron chi connectivity index (χ1n) is 8.40. The number of carbonyl (C=O) groups excluding carboxylic acids is 1. The molecule has 1 aromatic rings.